The largest absolute Gasteiger partial charge is 0.384 e. The summed E-state index contributed by atoms with van der Waals surface area (Å²) >= 11 is 7.39. The summed E-state index contributed by atoms with van der Waals surface area (Å²) in [5.74, 6) is 1.19. The van der Waals surface area contributed by atoms with Crippen LogP contribution in [0.25, 0.3) is 0 Å². The van der Waals surface area contributed by atoms with Gasteiger partial charge in [0.1, 0.15) is 0 Å². The molecule has 0 spiro atoms. The lowest BCUT2D eigenvalue weighted by molar-refractivity contribution is -0.127. The second kappa shape index (κ2) is 7.17. The van der Waals surface area contributed by atoms with Crippen LogP contribution >= 0.6 is 23.4 Å². The molecule has 0 saturated carbocycles. The third-order valence-electron chi connectivity index (χ3n) is 3.22. The number of carbonyl (C=O) groups is 1. The number of amides is 1. The van der Waals surface area contributed by atoms with Gasteiger partial charge in [-0.15, -0.1) is 11.8 Å². The third-order valence-corrected chi connectivity index (χ3v) is 4.47. The van der Waals surface area contributed by atoms with Gasteiger partial charge in [-0.25, -0.2) is 0 Å². The Kier molecular flexibility index (Phi) is 5.55. The fraction of sp³-hybridized carbons (Fsp3) is 0.500. The molecule has 1 aliphatic rings. The number of ether oxygens (including phenoxy) is 1. The highest BCUT2D eigenvalue weighted by Crippen LogP contribution is 2.22. The zero-order valence-electron chi connectivity index (χ0n) is 11.0. The Labute approximate surface area is 123 Å². The van der Waals surface area contributed by atoms with Crippen LogP contribution in [0.1, 0.15) is 6.42 Å². The highest BCUT2D eigenvalue weighted by atomic mass is 35.5. The monoisotopic (exact) mass is 299 g/mol. The van der Waals surface area contributed by atoms with Crippen molar-refractivity contribution < 1.29 is 9.53 Å². The Morgan fingerprint density at radius 1 is 1.47 bits per heavy atom. The van der Waals surface area contributed by atoms with Gasteiger partial charge in [-0.3, -0.25) is 4.79 Å². The first-order chi connectivity index (χ1) is 9.19. The smallest absolute Gasteiger partial charge is 0.232 e. The van der Waals surface area contributed by atoms with Gasteiger partial charge in [0, 0.05) is 36.0 Å². The van der Waals surface area contributed by atoms with E-state index >= 15 is 0 Å². The molecule has 2 rings (SSSR count). The lowest BCUT2D eigenvalue weighted by Crippen LogP contribution is -2.30. The van der Waals surface area contributed by atoms with Crippen molar-refractivity contribution in [3.63, 3.8) is 0 Å². The van der Waals surface area contributed by atoms with E-state index < -0.39 is 0 Å². The molecular formula is C14H18ClNO2S. The van der Waals surface area contributed by atoms with E-state index in [-0.39, 0.29) is 5.91 Å². The maximum absolute atomic E-state index is 12.1. The number of halogens is 1. The first kappa shape index (κ1) is 14.7. The molecule has 0 unspecified atom stereocenters. The lowest BCUT2D eigenvalue weighted by Gasteiger charge is -2.16. The van der Waals surface area contributed by atoms with Crippen LogP contribution in [0.2, 0.25) is 5.02 Å². The van der Waals surface area contributed by atoms with E-state index in [1.807, 2.05) is 29.2 Å². The van der Waals surface area contributed by atoms with Gasteiger partial charge in [0.2, 0.25) is 5.91 Å². The van der Waals surface area contributed by atoms with Gasteiger partial charge in [-0.05, 0) is 30.7 Å². The summed E-state index contributed by atoms with van der Waals surface area (Å²) in [4.78, 5) is 15.1. The zero-order valence-corrected chi connectivity index (χ0v) is 12.5. The maximum Gasteiger partial charge on any atom is 0.232 e. The molecule has 1 fully saturated rings. The normalized spacial score (nSPS) is 18.8. The van der Waals surface area contributed by atoms with Crippen LogP contribution in [0.5, 0.6) is 0 Å². The molecule has 104 valence electrons. The van der Waals surface area contributed by atoms with Crippen molar-refractivity contribution in [1.29, 1.82) is 0 Å². The molecular weight excluding hydrogens is 282 g/mol. The number of methoxy groups -OCH3 is 1. The summed E-state index contributed by atoms with van der Waals surface area (Å²) < 4.78 is 5.14. The van der Waals surface area contributed by atoms with Crippen molar-refractivity contribution in [2.45, 2.75) is 11.3 Å². The molecule has 3 nitrogen and oxygen atoms in total. The SMILES string of the molecule is COC[C@H]1CCN(C(=O)CSc2ccc(Cl)cc2)C1. The third kappa shape index (κ3) is 4.41. The second-order valence-corrected chi connectivity index (χ2v) is 6.18. The molecule has 19 heavy (non-hydrogen) atoms. The highest BCUT2D eigenvalue weighted by molar-refractivity contribution is 8.00. The van der Waals surface area contributed by atoms with Gasteiger partial charge in [0.05, 0.1) is 12.4 Å². The average molecular weight is 300 g/mol. The Morgan fingerprint density at radius 2 is 2.21 bits per heavy atom. The molecule has 0 N–H and O–H groups in total. The number of hydrogen-bond acceptors (Lipinski definition) is 3. The Morgan fingerprint density at radius 3 is 2.89 bits per heavy atom. The fourth-order valence-electron chi connectivity index (χ4n) is 2.20. The Bertz CT molecular complexity index is 424. The predicted octanol–water partition coefficient (Wildman–Crippen LogP) is 2.93. The van der Waals surface area contributed by atoms with Gasteiger partial charge in [-0.1, -0.05) is 11.6 Å². The molecule has 1 saturated heterocycles. The molecule has 1 amide bonds. The molecule has 5 heteroatoms. The molecule has 1 aromatic carbocycles. The van der Waals surface area contributed by atoms with E-state index in [4.69, 9.17) is 16.3 Å². The standard InChI is InChI=1S/C14H18ClNO2S/c1-18-9-11-6-7-16(8-11)14(17)10-19-13-4-2-12(15)3-5-13/h2-5,11H,6-10H2,1H3/t11-/m0/s1. The summed E-state index contributed by atoms with van der Waals surface area (Å²) in [6.07, 6.45) is 1.05. The van der Waals surface area contributed by atoms with Gasteiger partial charge in [-0.2, -0.15) is 0 Å². The van der Waals surface area contributed by atoms with E-state index in [0.29, 0.717) is 11.7 Å². The summed E-state index contributed by atoms with van der Waals surface area (Å²) in [6, 6.07) is 7.58. The first-order valence-electron chi connectivity index (χ1n) is 6.34. The highest BCUT2D eigenvalue weighted by Gasteiger charge is 2.25. The van der Waals surface area contributed by atoms with Gasteiger partial charge >= 0.3 is 0 Å². The van der Waals surface area contributed by atoms with Crippen molar-refractivity contribution in [3.8, 4) is 0 Å². The molecule has 1 heterocycles. The molecule has 1 aromatic rings. The summed E-state index contributed by atoms with van der Waals surface area (Å²) in [7, 11) is 1.71. The van der Waals surface area contributed by atoms with Crippen LogP contribution in [-0.2, 0) is 9.53 Å². The van der Waals surface area contributed by atoms with Gasteiger partial charge in [0.25, 0.3) is 0 Å². The molecule has 1 aliphatic heterocycles. The number of nitrogens with zero attached hydrogens (tertiary/aromatic N) is 1. The summed E-state index contributed by atoms with van der Waals surface area (Å²) in [5, 5.41) is 0.720. The van der Waals surface area contributed by atoms with Crippen LogP contribution < -0.4 is 0 Å². The number of thioether (sulfide) groups is 1. The topological polar surface area (TPSA) is 29.5 Å². The van der Waals surface area contributed by atoms with Crippen LogP contribution in [-0.4, -0.2) is 43.4 Å². The zero-order chi connectivity index (χ0) is 13.7. The molecule has 0 bridgehead atoms. The first-order valence-corrected chi connectivity index (χ1v) is 7.70. The van der Waals surface area contributed by atoms with Crippen molar-refractivity contribution in [2.24, 2.45) is 5.92 Å². The fourth-order valence-corrected chi connectivity index (χ4v) is 3.13. The van der Waals surface area contributed by atoms with Crippen molar-refractivity contribution >= 4 is 29.3 Å². The molecule has 1 atom stereocenters. The van der Waals surface area contributed by atoms with Crippen molar-refractivity contribution in [1.82, 2.24) is 4.90 Å². The van der Waals surface area contributed by atoms with Crippen LogP contribution in [0.3, 0.4) is 0 Å². The quantitative estimate of drug-likeness (QED) is 0.783. The molecule has 0 aliphatic carbocycles. The van der Waals surface area contributed by atoms with E-state index in [1.165, 1.54) is 0 Å². The van der Waals surface area contributed by atoms with Crippen LogP contribution in [0, 0.1) is 5.92 Å². The number of likely N-dealkylation sites (tertiary alicyclic amines) is 1. The Balaban J connectivity index is 1.77. The Hall–Kier alpha value is -0.710. The van der Waals surface area contributed by atoms with Crippen LogP contribution in [0.4, 0.5) is 0 Å². The summed E-state index contributed by atoms with van der Waals surface area (Å²) in [5.41, 5.74) is 0. The second-order valence-electron chi connectivity index (χ2n) is 4.69. The van der Waals surface area contributed by atoms with Crippen molar-refractivity contribution in [2.75, 3.05) is 32.6 Å². The van der Waals surface area contributed by atoms with E-state index in [1.54, 1.807) is 18.9 Å². The van der Waals surface area contributed by atoms with E-state index in [9.17, 15) is 4.79 Å². The molecule has 0 aromatic heterocycles. The average Bonchev–Trinajstić information content (AvgIpc) is 2.87. The van der Waals surface area contributed by atoms with E-state index in [0.717, 1.165) is 36.0 Å². The number of carbonyl (C=O) groups excluding carboxylic acids is 1. The minimum atomic E-state index is 0.207. The number of benzene rings is 1. The van der Waals surface area contributed by atoms with Gasteiger partial charge < -0.3 is 9.64 Å². The minimum absolute atomic E-state index is 0.207. The maximum atomic E-state index is 12.1. The van der Waals surface area contributed by atoms with Crippen molar-refractivity contribution in [3.05, 3.63) is 29.3 Å². The number of rotatable bonds is 5. The molecule has 0 radical (unpaired) electrons. The number of hydrogen-bond donors (Lipinski definition) is 0. The van der Waals surface area contributed by atoms with E-state index in [2.05, 4.69) is 0 Å². The van der Waals surface area contributed by atoms with Gasteiger partial charge in [0.15, 0.2) is 0 Å². The summed E-state index contributed by atoms with van der Waals surface area (Å²) in [6.45, 7) is 2.43. The predicted molar refractivity (Wildman–Crippen MR) is 78.7 cm³/mol. The minimum Gasteiger partial charge on any atom is -0.384 e. The lowest BCUT2D eigenvalue weighted by atomic mass is 10.1. The van der Waals surface area contributed by atoms with Crippen LogP contribution in [0.15, 0.2) is 29.2 Å².